The summed E-state index contributed by atoms with van der Waals surface area (Å²) in [4.78, 5) is 16.6. The van der Waals surface area contributed by atoms with Crippen LogP contribution in [-0.2, 0) is 0 Å². The second kappa shape index (κ2) is 2.70. The van der Waals surface area contributed by atoms with E-state index in [1.54, 1.807) is 12.1 Å². The summed E-state index contributed by atoms with van der Waals surface area (Å²) in [5.41, 5.74) is 0.839. The number of nitrogens with zero attached hydrogens (tertiary/aromatic N) is 2. The first-order valence-corrected chi connectivity index (χ1v) is 3.84. The Labute approximate surface area is 77.5 Å². The Morgan fingerprint density at radius 2 is 2.31 bits per heavy atom. The highest BCUT2D eigenvalue weighted by Gasteiger charge is 2.14. The summed E-state index contributed by atoms with van der Waals surface area (Å²) in [6, 6.07) is 3.22. The molecule has 0 saturated carbocycles. The van der Waals surface area contributed by atoms with Crippen LogP contribution >= 0.6 is 11.6 Å². The lowest BCUT2D eigenvalue weighted by molar-refractivity contribution is -0.383. The Hall–Kier alpha value is -1.62. The number of hydrogen-bond donors (Lipinski definition) is 1. The summed E-state index contributed by atoms with van der Waals surface area (Å²) < 4.78 is 0. The first-order valence-electron chi connectivity index (χ1n) is 3.46. The molecule has 0 radical (unpaired) electrons. The van der Waals surface area contributed by atoms with E-state index in [0.717, 1.165) is 0 Å². The van der Waals surface area contributed by atoms with Crippen molar-refractivity contribution in [3.8, 4) is 0 Å². The third kappa shape index (κ3) is 1.23. The van der Waals surface area contributed by atoms with E-state index in [1.165, 1.54) is 6.20 Å². The third-order valence-corrected chi connectivity index (χ3v) is 1.88. The van der Waals surface area contributed by atoms with Gasteiger partial charge in [0.15, 0.2) is 5.52 Å². The van der Waals surface area contributed by atoms with Crippen LogP contribution in [0.3, 0.4) is 0 Å². The molecule has 0 amide bonds. The molecule has 13 heavy (non-hydrogen) atoms. The summed E-state index contributed by atoms with van der Waals surface area (Å²) in [5, 5.41) is 10.7. The van der Waals surface area contributed by atoms with Crippen molar-refractivity contribution in [3.05, 3.63) is 33.6 Å². The minimum absolute atomic E-state index is 0.0579. The highest BCUT2D eigenvalue weighted by Crippen LogP contribution is 2.24. The molecule has 0 aliphatic carbocycles. The van der Waals surface area contributed by atoms with Gasteiger partial charge in [0.05, 0.1) is 16.6 Å². The van der Waals surface area contributed by atoms with Crippen LogP contribution in [-0.4, -0.2) is 14.9 Å². The Balaban J connectivity index is 2.79. The molecule has 0 aliphatic heterocycles. The van der Waals surface area contributed by atoms with Gasteiger partial charge in [-0.25, -0.2) is 4.98 Å². The lowest BCUT2D eigenvalue weighted by atomic mass is 10.3. The van der Waals surface area contributed by atoms with Crippen LogP contribution in [0.25, 0.3) is 11.0 Å². The summed E-state index contributed by atoms with van der Waals surface area (Å²) in [6.07, 6.45) is 1.30. The Bertz CT molecular complexity index is 480. The average molecular weight is 198 g/mol. The zero-order valence-electron chi connectivity index (χ0n) is 6.32. The molecule has 0 aliphatic rings. The van der Waals surface area contributed by atoms with Crippen LogP contribution in [0.5, 0.6) is 0 Å². The highest BCUT2D eigenvalue weighted by molar-refractivity contribution is 6.29. The van der Waals surface area contributed by atoms with E-state index in [-0.39, 0.29) is 16.4 Å². The van der Waals surface area contributed by atoms with Gasteiger partial charge in [0.25, 0.3) is 0 Å². The number of halogens is 1. The molecule has 0 saturated heterocycles. The largest absolute Gasteiger partial charge is 0.354 e. The number of fused-ring (bicyclic) bond motifs is 1. The van der Waals surface area contributed by atoms with Crippen LogP contribution in [0.1, 0.15) is 0 Å². The molecule has 0 aromatic carbocycles. The zero-order valence-corrected chi connectivity index (χ0v) is 7.08. The lowest BCUT2D eigenvalue weighted by Gasteiger charge is -1.89. The molecule has 1 N–H and O–H groups in total. The molecule has 2 aromatic rings. The van der Waals surface area contributed by atoms with E-state index in [0.29, 0.717) is 5.52 Å². The van der Waals surface area contributed by atoms with E-state index in [1.807, 2.05) is 0 Å². The molecule has 2 aromatic heterocycles. The Morgan fingerprint density at radius 1 is 1.54 bits per heavy atom. The predicted molar refractivity (Wildman–Crippen MR) is 47.8 cm³/mol. The monoisotopic (exact) mass is 197 g/mol. The van der Waals surface area contributed by atoms with Crippen molar-refractivity contribution in [1.29, 1.82) is 0 Å². The SMILES string of the molecule is O=[N+]([O-])c1c[nH]c2ccc(Cl)nc12. The van der Waals surface area contributed by atoms with Crippen molar-refractivity contribution < 1.29 is 4.92 Å². The van der Waals surface area contributed by atoms with E-state index < -0.39 is 4.92 Å². The van der Waals surface area contributed by atoms with E-state index >= 15 is 0 Å². The summed E-state index contributed by atoms with van der Waals surface area (Å²) >= 11 is 5.60. The summed E-state index contributed by atoms with van der Waals surface area (Å²) in [6.45, 7) is 0. The number of rotatable bonds is 1. The van der Waals surface area contributed by atoms with E-state index in [2.05, 4.69) is 9.97 Å². The minimum Gasteiger partial charge on any atom is -0.354 e. The van der Waals surface area contributed by atoms with Crippen molar-refractivity contribution in [3.63, 3.8) is 0 Å². The normalized spacial score (nSPS) is 10.5. The maximum absolute atomic E-state index is 10.5. The highest BCUT2D eigenvalue weighted by atomic mass is 35.5. The van der Waals surface area contributed by atoms with Crippen LogP contribution in [0.4, 0.5) is 5.69 Å². The fourth-order valence-corrected chi connectivity index (χ4v) is 1.25. The fraction of sp³-hybridized carbons (Fsp3) is 0. The number of aromatic amines is 1. The minimum atomic E-state index is -0.498. The quantitative estimate of drug-likeness (QED) is 0.432. The number of nitrogens with one attached hydrogen (secondary N) is 1. The predicted octanol–water partition coefficient (Wildman–Crippen LogP) is 2.12. The maximum Gasteiger partial charge on any atom is 0.312 e. The molecule has 0 unspecified atom stereocenters. The fourth-order valence-electron chi connectivity index (χ4n) is 1.10. The van der Waals surface area contributed by atoms with Gasteiger partial charge in [-0.3, -0.25) is 10.1 Å². The van der Waals surface area contributed by atoms with Crippen LogP contribution in [0.15, 0.2) is 18.3 Å². The van der Waals surface area contributed by atoms with Gasteiger partial charge in [0.2, 0.25) is 0 Å². The van der Waals surface area contributed by atoms with Gasteiger partial charge < -0.3 is 4.98 Å². The van der Waals surface area contributed by atoms with Gasteiger partial charge in [0.1, 0.15) is 5.15 Å². The molecule has 0 spiro atoms. The van der Waals surface area contributed by atoms with Crippen molar-refractivity contribution in [2.75, 3.05) is 0 Å². The molecule has 2 heterocycles. The van der Waals surface area contributed by atoms with E-state index in [9.17, 15) is 10.1 Å². The Morgan fingerprint density at radius 3 is 3.00 bits per heavy atom. The third-order valence-electron chi connectivity index (χ3n) is 1.66. The van der Waals surface area contributed by atoms with Gasteiger partial charge in [-0.15, -0.1) is 0 Å². The van der Waals surface area contributed by atoms with Gasteiger partial charge >= 0.3 is 5.69 Å². The second-order valence-corrected chi connectivity index (χ2v) is 2.85. The van der Waals surface area contributed by atoms with Crippen LogP contribution < -0.4 is 0 Å². The lowest BCUT2D eigenvalue weighted by Crippen LogP contribution is -1.86. The van der Waals surface area contributed by atoms with Crippen molar-refractivity contribution >= 4 is 28.3 Å². The first-order chi connectivity index (χ1) is 6.18. The molecular formula is C7H4ClN3O2. The molecule has 66 valence electrons. The summed E-state index contributed by atoms with van der Waals surface area (Å²) in [5.74, 6) is 0. The van der Waals surface area contributed by atoms with Gasteiger partial charge in [-0.1, -0.05) is 11.6 Å². The molecular weight excluding hydrogens is 194 g/mol. The standard InChI is InChI=1S/C7H4ClN3O2/c8-6-2-1-4-7(10-6)5(3-9-4)11(12)13/h1-3,9H. The topological polar surface area (TPSA) is 71.8 Å². The molecule has 5 nitrogen and oxygen atoms in total. The molecule has 6 heteroatoms. The van der Waals surface area contributed by atoms with Crippen molar-refractivity contribution in [2.45, 2.75) is 0 Å². The Kier molecular flexibility index (Phi) is 1.66. The van der Waals surface area contributed by atoms with E-state index in [4.69, 9.17) is 11.6 Å². The van der Waals surface area contributed by atoms with Crippen molar-refractivity contribution in [1.82, 2.24) is 9.97 Å². The number of pyridine rings is 1. The average Bonchev–Trinajstić information content (AvgIpc) is 2.46. The molecule has 2 rings (SSSR count). The number of H-pyrrole nitrogens is 1. The number of aromatic nitrogens is 2. The van der Waals surface area contributed by atoms with Crippen molar-refractivity contribution in [2.24, 2.45) is 0 Å². The number of nitro groups is 1. The van der Waals surface area contributed by atoms with Crippen LogP contribution in [0.2, 0.25) is 5.15 Å². The van der Waals surface area contributed by atoms with Gasteiger partial charge in [0, 0.05) is 0 Å². The molecule has 0 fully saturated rings. The van der Waals surface area contributed by atoms with Crippen LogP contribution in [0, 0.1) is 10.1 Å². The number of hydrogen-bond acceptors (Lipinski definition) is 3. The maximum atomic E-state index is 10.5. The second-order valence-electron chi connectivity index (χ2n) is 2.46. The van der Waals surface area contributed by atoms with Gasteiger partial charge in [-0.2, -0.15) is 0 Å². The summed E-state index contributed by atoms with van der Waals surface area (Å²) in [7, 11) is 0. The molecule has 0 atom stereocenters. The van der Waals surface area contributed by atoms with Gasteiger partial charge in [-0.05, 0) is 12.1 Å². The first kappa shape index (κ1) is 8.00. The zero-order chi connectivity index (χ0) is 9.42. The smallest absolute Gasteiger partial charge is 0.312 e. The molecule has 0 bridgehead atoms.